The van der Waals surface area contributed by atoms with E-state index in [-0.39, 0.29) is 11.7 Å². The highest BCUT2D eigenvalue weighted by Gasteiger charge is 2.05. The highest BCUT2D eigenvalue weighted by molar-refractivity contribution is 5.93. The average molecular weight is 324 g/mol. The van der Waals surface area contributed by atoms with Crippen molar-refractivity contribution in [2.75, 3.05) is 12.4 Å². The monoisotopic (exact) mass is 324 g/mol. The number of benzene rings is 2. The number of hydrogen-bond acceptors (Lipinski definition) is 3. The molecule has 1 amide bonds. The van der Waals surface area contributed by atoms with Crippen LogP contribution >= 0.6 is 0 Å². The number of methoxy groups -OCH3 is 1. The van der Waals surface area contributed by atoms with Gasteiger partial charge in [-0.3, -0.25) is 9.78 Å². The molecule has 24 heavy (non-hydrogen) atoms. The third-order valence-corrected chi connectivity index (χ3v) is 3.73. The molecule has 4 nitrogen and oxygen atoms in total. The van der Waals surface area contributed by atoms with Gasteiger partial charge in [0, 0.05) is 17.9 Å². The first-order valence-corrected chi connectivity index (χ1v) is 7.62. The van der Waals surface area contributed by atoms with Crippen LogP contribution in [0, 0.1) is 5.82 Å². The molecule has 0 aliphatic heterocycles. The second kappa shape index (κ2) is 7.08. The Morgan fingerprint density at radius 3 is 2.71 bits per heavy atom. The predicted octanol–water partition coefficient (Wildman–Crippen LogP) is 3.95. The van der Waals surface area contributed by atoms with Gasteiger partial charge in [0.05, 0.1) is 24.5 Å². The normalized spacial score (nSPS) is 10.6. The number of pyridine rings is 1. The Morgan fingerprint density at radius 1 is 1.17 bits per heavy atom. The summed E-state index contributed by atoms with van der Waals surface area (Å²) in [7, 11) is 1.61. The van der Waals surface area contributed by atoms with Gasteiger partial charge in [0.1, 0.15) is 11.6 Å². The highest BCUT2D eigenvalue weighted by atomic mass is 19.1. The van der Waals surface area contributed by atoms with Crippen LogP contribution in [0.5, 0.6) is 5.75 Å². The van der Waals surface area contributed by atoms with Crippen molar-refractivity contribution in [3.63, 3.8) is 0 Å². The summed E-state index contributed by atoms with van der Waals surface area (Å²) in [5.41, 5.74) is 2.38. The Balaban J connectivity index is 1.63. The topological polar surface area (TPSA) is 51.2 Å². The fourth-order valence-corrected chi connectivity index (χ4v) is 2.43. The average Bonchev–Trinajstić information content (AvgIpc) is 2.61. The maximum absolute atomic E-state index is 12.9. The Kier molecular flexibility index (Phi) is 4.70. The predicted molar refractivity (Wildman–Crippen MR) is 91.6 cm³/mol. The second-order valence-corrected chi connectivity index (χ2v) is 5.46. The largest absolute Gasteiger partial charge is 0.497 e. The first kappa shape index (κ1) is 15.9. The number of aromatic nitrogens is 1. The smallest absolute Gasteiger partial charge is 0.224 e. The van der Waals surface area contributed by atoms with Crippen LogP contribution in [0.2, 0.25) is 0 Å². The molecular formula is C19H17FN2O2. The molecule has 0 bridgehead atoms. The minimum atomic E-state index is -0.276. The number of hydrogen-bond donors (Lipinski definition) is 1. The summed E-state index contributed by atoms with van der Waals surface area (Å²) in [5.74, 6) is 0.363. The van der Waals surface area contributed by atoms with E-state index in [1.807, 2.05) is 24.3 Å². The molecule has 3 aromatic rings. The first-order chi connectivity index (χ1) is 11.6. The summed E-state index contributed by atoms with van der Waals surface area (Å²) < 4.78 is 18.0. The minimum absolute atomic E-state index is 0.103. The molecule has 0 fully saturated rings. The van der Waals surface area contributed by atoms with Gasteiger partial charge in [-0.2, -0.15) is 0 Å². The lowest BCUT2D eigenvalue weighted by Gasteiger charge is -2.07. The standard InChI is InChI=1S/C19H17FN2O2/c1-24-17-8-5-14-10-16(12-21-18(14)11-17)22-19(23)9-4-13-2-6-15(20)7-3-13/h2-3,5-8,10-12H,4,9H2,1H3,(H,22,23). The highest BCUT2D eigenvalue weighted by Crippen LogP contribution is 2.21. The molecule has 3 rings (SSSR count). The van der Waals surface area contributed by atoms with Gasteiger partial charge in [-0.1, -0.05) is 12.1 Å². The molecule has 1 aromatic heterocycles. The molecule has 122 valence electrons. The van der Waals surface area contributed by atoms with E-state index in [0.717, 1.165) is 22.2 Å². The number of rotatable bonds is 5. The van der Waals surface area contributed by atoms with Crippen LogP contribution < -0.4 is 10.1 Å². The molecule has 0 saturated carbocycles. The van der Waals surface area contributed by atoms with E-state index in [1.165, 1.54) is 12.1 Å². The summed E-state index contributed by atoms with van der Waals surface area (Å²) in [5, 5.41) is 3.76. The van der Waals surface area contributed by atoms with Crippen molar-refractivity contribution < 1.29 is 13.9 Å². The molecule has 0 atom stereocenters. The molecule has 2 aromatic carbocycles. The Labute approximate surface area is 139 Å². The second-order valence-electron chi connectivity index (χ2n) is 5.46. The number of nitrogens with zero attached hydrogens (tertiary/aromatic N) is 1. The number of nitrogens with one attached hydrogen (secondary N) is 1. The number of ether oxygens (including phenoxy) is 1. The minimum Gasteiger partial charge on any atom is -0.497 e. The Bertz CT molecular complexity index is 863. The Morgan fingerprint density at radius 2 is 1.96 bits per heavy atom. The summed E-state index contributed by atoms with van der Waals surface area (Å²) in [6.07, 6.45) is 2.51. The van der Waals surface area contributed by atoms with Crippen molar-refractivity contribution in [1.29, 1.82) is 0 Å². The fraction of sp³-hybridized carbons (Fsp3) is 0.158. The lowest BCUT2D eigenvalue weighted by atomic mass is 10.1. The van der Waals surface area contributed by atoms with E-state index in [0.29, 0.717) is 18.5 Å². The van der Waals surface area contributed by atoms with Crippen LogP contribution in [0.3, 0.4) is 0 Å². The molecule has 0 unspecified atom stereocenters. The lowest BCUT2D eigenvalue weighted by Crippen LogP contribution is -2.12. The van der Waals surface area contributed by atoms with Gasteiger partial charge in [-0.15, -0.1) is 0 Å². The zero-order chi connectivity index (χ0) is 16.9. The van der Waals surface area contributed by atoms with Crippen molar-refractivity contribution in [3.05, 3.63) is 66.1 Å². The van der Waals surface area contributed by atoms with Crippen LogP contribution in [0.4, 0.5) is 10.1 Å². The van der Waals surface area contributed by atoms with Crippen LogP contribution in [0.1, 0.15) is 12.0 Å². The number of halogens is 1. The van der Waals surface area contributed by atoms with E-state index in [2.05, 4.69) is 10.3 Å². The van der Waals surface area contributed by atoms with E-state index >= 15 is 0 Å². The van der Waals surface area contributed by atoms with Gasteiger partial charge < -0.3 is 10.1 Å². The zero-order valence-corrected chi connectivity index (χ0v) is 13.3. The summed E-state index contributed by atoms with van der Waals surface area (Å²) in [4.78, 5) is 16.4. The number of anilines is 1. The number of fused-ring (bicyclic) bond motifs is 1. The SMILES string of the molecule is COc1ccc2cc(NC(=O)CCc3ccc(F)cc3)cnc2c1. The third-order valence-electron chi connectivity index (χ3n) is 3.73. The van der Waals surface area contributed by atoms with Gasteiger partial charge >= 0.3 is 0 Å². The zero-order valence-electron chi connectivity index (χ0n) is 13.3. The van der Waals surface area contributed by atoms with Gasteiger partial charge in [0.25, 0.3) is 0 Å². The molecule has 1 heterocycles. The quantitative estimate of drug-likeness (QED) is 0.773. The molecule has 0 aliphatic rings. The van der Waals surface area contributed by atoms with Gasteiger partial charge in [-0.25, -0.2) is 4.39 Å². The Hall–Kier alpha value is -2.95. The molecular weight excluding hydrogens is 307 g/mol. The molecule has 5 heteroatoms. The van der Waals surface area contributed by atoms with Crippen molar-refractivity contribution in [2.45, 2.75) is 12.8 Å². The van der Waals surface area contributed by atoms with E-state index in [4.69, 9.17) is 4.74 Å². The molecule has 1 N–H and O–H groups in total. The van der Waals surface area contributed by atoms with Crippen molar-refractivity contribution in [1.82, 2.24) is 4.98 Å². The summed E-state index contributed by atoms with van der Waals surface area (Å²) >= 11 is 0. The van der Waals surface area contributed by atoms with Gasteiger partial charge in [-0.05, 0) is 42.3 Å². The molecule has 0 saturated heterocycles. The van der Waals surface area contributed by atoms with E-state index < -0.39 is 0 Å². The number of carbonyl (C=O) groups excluding carboxylic acids is 1. The van der Waals surface area contributed by atoms with Crippen LogP contribution in [-0.4, -0.2) is 18.0 Å². The molecule has 0 aliphatic carbocycles. The van der Waals surface area contributed by atoms with Crippen LogP contribution in [0.25, 0.3) is 10.9 Å². The summed E-state index contributed by atoms with van der Waals surface area (Å²) in [6, 6.07) is 13.6. The van der Waals surface area contributed by atoms with Crippen molar-refractivity contribution in [2.24, 2.45) is 0 Å². The van der Waals surface area contributed by atoms with E-state index in [9.17, 15) is 9.18 Å². The van der Waals surface area contributed by atoms with Crippen LogP contribution in [0.15, 0.2) is 54.7 Å². The van der Waals surface area contributed by atoms with Gasteiger partial charge in [0.15, 0.2) is 0 Å². The maximum Gasteiger partial charge on any atom is 0.224 e. The maximum atomic E-state index is 12.9. The molecule has 0 spiro atoms. The third kappa shape index (κ3) is 3.87. The van der Waals surface area contributed by atoms with Gasteiger partial charge in [0.2, 0.25) is 5.91 Å². The van der Waals surface area contributed by atoms with E-state index in [1.54, 1.807) is 25.4 Å². The lowest BCUT2D eigenvalue weighted by molar-refractivity contribution is -0.116. The number of aryl methyl sites for hydroxylation is 1. The molecule has 0 radical (unpaired) electrons. The van der Waals surface area contributed by atoms with Crippen molar-refractivity contribution >= 4 is 22.5 Å². The summed E-state index contributed by atoms with van der Waals surface area (Å²) in [6.45, 7) is 0. The number of amides is 1. The fourth-order valence-electron chi connectivity index (χ4n) is 2.43. The first-order valence-electron chi connectivity index (χ1n) is 7.62. The number of carbonyl (C=O) groups is 1. The van der Waals surface area contributed by atoms with Crippen molar-refractivity contribution in [3.8, 4) is 5.75 Å². The van der Waals surface area contributed by atoms with Crippen LogP contribution in [-0.2, 0) is 11.2 Å².